The number of aldehydes is 1. The molecular formula is C24H31N3O6. The van der Waals surface area contributed by atoms with Crippen molar-refractivity contribution in [3.05, 3.63) is 53.6 Å². The topological polar surface area (TPSA) is 109 Å². The number of ether oxygens (including phenoxy) is 3. The summed E-state index contributed by atoms with van der Waals surface area (Å²) in [6.07, 6.45) is 1.82. The van der Waals surface area contributed by atoms with Crippen molar-refractivity contribution < 1.29 is 29.0 Å². The van der Waals surface area contributed by atoms with Crippen molar-refractivity contribution in [2.24, 2.45) is 0 Å². The van der Waals surface area contributed by atoms with Gasteiger partial charge in [0.05, 0.1) is 19.3 Å². The lowest BCUT2D eigenvalue weighted by atomic mass is 10.1. The maximum atomic E-state index is 12.9. The SMILES string of the molecule is CNO.COc1ccc(CN2CC(C(=O)NC3CCOCC3)Oc3ccc(C=O)cc32)cc1. The van der Waals surface area contributed by atoms with Crippen molar-refractivity contribution in [1.82, 2.24) is 10.8 Å². The molecule has 1 atom stereocenters. The molecule has 3 N–H and O–H groups in total. The number of carbonyl (C=O) groups excluding carboxylic acids is 2. The zero-order valence-electron chi connectivity index (χ0n) is 19.0. The number of benzene rings is 2. The molecule has 9 heteroatoms. The van der Waals surface area contributed by atoms with E-state index < -0.39 is 6.10 Å². The van der Waals surface area contributed by atoms with Crippen LogP contribution in [0.15, 0.2) is 42.5 Å². The first-order chi connectivity index (χ1) is 16.1. The standard InChI is InChI=1S/C23H26N2O5.CH5NO/c1-28-19-5-2-16(3-6-19)13-25-14-22(23(27)24-18-8-10-29-11-9-18)30-21-7-4-17(15-26)12-20(21)25;1-2-3/h2-7,12,15,18,22H,8-11,13-14H2,1H3,(H,24,27);2-3H,1H3. The van der Waals surface area contributed by atoms with Crippen molar-refractivity contribution in [2.45, 2.75) is 31.5 Å². The van der Waals surface area contributed by atoms with Crippen molar-refractivity contribution in [1.29, 1.82) is 0 Å². The number of rotatable bonds is 6. The summed E-state index contributed by atoms with van der Waals surface area (Å²) < 4.78 is 16.6. The molecule has 1 unspecified atom stereocenters. The van der Waals surface area contributed by atoms with E-state index in [1.54, 1.807) is 30.8 Å². The molecule has 1 saturated heterocycles. The van der Waals surface area contributed by atoms with Gasteiger partial charge in [0.25, 0.3) is 5.91 Å². The summed E-state index contributed by atoms with van der Waals surface area (Å²) in [5.41, 5.74) is 4.21. The normalized spacial score (nSPS) is 17.7. The van der Waals surface area contributed by atoms with Crippen LogP contribution in [0.5, 0.6) is 11.5 Å². The van der Waals surface area contributed by atoms with Crippen LogP contribution in [-0.4, -0.2) is 63.5 Å². The first-order valence-electron chi connectivity index (χ1n) is 10.9. The van der Waals surface area contributed by atoms with Gasteiger partial charge in [-0.3, -0.25) is 9.59 Å². The van der Waals surface area contributed by atoms with Crippen molar-refractivity contribution in [3.63, 3.8) is 0 Å². The molecule has 2 aromatic carbocycles. The Kier molecular flexibility index (Phi) is 9.05. The average molecular weight is 458 g/mol. The van der Waals surface area contributed by atoms with E-state index >= 15 is 0 Å². The number of anilines is 1. The third kappa shape index (κ3) is 6.67. The number of nitrogens with zero attached hydrogens (tertiary/aromatic N) is 1. The van der Waals surface area contributed by atoms with E-state index in [0.717, 1.165) is 36.1 Å². The highest BCUT2D eigenvalue weighted by Crippen LogP contribution is 2.35. The lowest BCUT2D eigenvalue weighted by molar-refractivity contribution is -0.129. The predicted octanol–water partition coefficient (Wildman–Crippen LogP) is 2.17. The van der Waals surface area contributed by atoms with Crippen LogP contribution in [0.3, 0.4) is 0 Å². The Hall–Kier alpha value is -3.14. The van der Waals surface area contributed by atoms with E-state index in [9.17, 15) is 9.59 Å². The maximum absolute atomic E-state index is 12.9. The Labute approximate surface area is 193 Å². The van der Waals surface area contributed by atoms with Gasteiger partial charge in [-0.2, -0.15) is 0 Å². The van der Waals surface area contributed by atoms with Gasteiger partial charge >= 0.3 is 0 Å². The highest BCUT2D eigenvalue weighted by molar-refractivity contribution is 5.85. The molecule has 0 aliphatic carbocycles. The molecule has 0 bridgehead atoms. The number of carbonyl (C=O) groups is 2. The van der Waals surface area contributed by atoms with E-state index in [1.165, 1.54) is 7.05 Å². The fourth-order valence-corrected chi connectivity index (χ4v) is 3.82. The zero-order chi connectivity index (χ0) is 23.6. The number of methoxy groups -OCH3 is 1. The summed E-state index contributed by atoms with van der Waals surface area (Å²) in [5, 5.41) is 10.4. The first-order valence-corrected chi connectivity index (χ1v) is 10.9. The van der Waals surface area contributed by atoms with Crippen LogP contribution >= 0.6 is 0 Å². The van der Waals surface area contributed by atoms with Crippen LogP contribution in [0.2, 0.25) is 0 Å². The van der Waals surface area contributed by atoms with E-state index in [-0.39, 0.29) is 11.9 Å². The van der Waals surface area contributed by atoms with Gasteiger partial charge in [-0.1, -0.05) is 12.1 Å². The summed E-state index contributed by atoms with van der Waals surface area (Å²) in [5.74, 6) is 1.28. The highest BCUT2D eigenvalue weighted by atomic mass is 16.5. The van der Waals surface area contributed by atoms with Crippen molar-refractivity contribution in [2.75, 3.05) is 38.8 Å². The molecule has 2 aliphatic rings. The van der Waals surface area contributed by atoms with Gasteiger partial charge in [0.15, 0.2) is 6.10 Å². The molecule has 4 rings (SSSR count). The van der Waals surface area contributed by atoms with Gasteiger partial charge < -0.3 is 29.6 Å². The van der Waals surface area contributed by atoms with Crippen LogP contribution < -0.4 is 25.2 Å². The molecule has 0 saturated carbocycles. The molecule has 9 nitrogen and oxygen atoms in total. The van der Waals surface area contributed by atoms with Crippen molar-refractivity contribution in [3.8, 4) is 11.5 Å². The number of fused-ring (bicyclic) bond motifs is 1. The Morgan fingerprint density at radius 1 is 1.21 bits per heavy atom. The van der Waals surface area contributed by atoms with E-state index in [1.807, 2.05) is 24.3 Å². The second-order valence-electron chi connectivity index (χ2n) is 7.80. The molecule has 2 aromatic rings. The smallest absolute Gasteiger partial charge is 0.263 e. The molecule has 1 fully saturated rings. The average Bonchev–Trinajstić information content (AvgIpc) is 2.85. The summed E-state index contributed by atoms with van der Waals surface area (Å²) >= 11 is 0. The molecule has 178 valence electrons. The number of hydrogen-bond donors (Lipinski definition) is 3. The van der Waals surface area contributed by atoms with Crippen molar-refractivity contribution >= 4 is 17.9 Å². The van der Waals surface area contributed by atoms with Crippen LogP contribution in [0.4, 0.5) is 5.69 Å². The van der Waals surface area contributed by atoms with Gasteiger partial charge in [-0.25, -0.2) is 5.48 Å². The third-order valence-electron chi connectivity index (χ3n) is 5.51. The number of amides is 1. The number of hydroxylamine groups is 1. The van der Waals surface area contributed by atoms with Gasteiger partial charge in [0.1, 0.15) is 17.8 Å². The van der Waals surface area contributed by atoms with Gasteiger partial charge in [0, 0.05) is 38.4 Å². The minimum Gasteiger partial charge on any atom is -0.497 e. The highest BCUT2D eigenvalue weighted by Gasteiger charge is 2.32. The van der Waals surface area contributed by atoms with E-state index in [0.29, 0.717) is 37.6 Å². The molecule has 0 spiro atoms. The Morgan fingerprint density at radius 3 is 2.55 bits per heavy atom. The Morgan fingerprint density at radius 2 is 1.91 bits per heavy atom. The Bertz CT molecular complexity index is 915. The number of hydrogen-bond acceptors (Lipinski definition) is 8. The lowest BCUT2D eigenvalue weighted by Crippen LogP contribution is -2.52. The Balaban J connectivity index is 0.000000968. The van der Waals surface area contributed by atoms with Crippen LogP contribution in [0, 0.1) is 0 Å². The molecule has 33 heavy (non-hydrogen) atoms. The predicted molar refractivity (Wildman–Crippen MR) is 123 cm³/mol. The summed E-state index contributed by atoms with van der Waals surface area (Å²) in [7, 11) is 3.07. The summed E-state index contributed by atoms with van der Waals surface area (Å²) in [6, 6.07) is 13.2. The molecule has 0 radical (unpaired) electrons. The molecular weight excluding hydrogens is 426 g/mol. The molecule has 2 heterocycles. The minimum absolute atomic E-state index is 0.115. The monoisotopic (exact) mass is 457 g/mol. The quantitative estimate of drug-likeness (QED) is 0.447. The van der Waals surface area contributed by atoms with Gasteiger partial charge in [-0.05, 0) is 48.7 Å². The van der Waals surface area contributed by atoms with Crippen LogP contribution in [0.1, 0.15) is 28.8 Å². The second-order valence-corrected chi connectivity index (χ2v) is 7.80. The maximum Gasteiger partial charge on any atom is 0.263 e. The summed E-state index contributed by atoms with van der Waals surface area (Å²) in [4.78, 5) is 26.3. The number of nitrogens with one attached hydrogen (secondary N) is 2. The fourth-order valence-electron chi connectivity index (χ4n) is 3.82. The fraction of sp³-hybridized carbons (Fsp3) is 0.417. The third-order valence-corrected chi connectivity index (χ3v) is 5.51. The van der Waals surface area contributed by atoms with E-state index in [2.05, 4.69) is 10.2 Å². The second kappa shape index (κ2) is 12.2. The van der Waals surface area contributed by atoms with E-state index in [4.69, 9.17) is 19.4 Å². The first kappa shape index (κ1) is 24.5. The summed E-state index contributed by atoms with van der Waals surface area (Å²) in [6.45, 7) is 2.31. The lowest BCUT2D eigenvalue weighted by Gasteiger charge is -2.36. The zero-order valence-corrected chi connectivity index (χ0v) is 19.0. The van der Waals surface area contributed by atoms with Gasteiger partial charge in [0.2, 0.25) is 0 Å². The van der Waals surface area contributed by atoms with Crippen LogP contribution in [0.25, 0.3) is 0 Å². The molecule has 2 aliphatic heterocycles. The molecule has 1 amide bonds. The largest absolute Gasteiger partial charge is 0.497 e. The van der Waals surface area contributed by atoms with Crippen LogP contribution in [-0.2, 0) is 16.1 Å². The van der Waals surface area contributed by atoms with Gasteiger partial charge in [-0.15, -0.1) is 0 Å². The molecule has 0 aromatic heterocycles. The minimum atomic E-state index is -0.624.